The Balaban J connectivity index is 1.10. The van der Waals surface area contributed by atoms with E-state index in [4.69, 9.17) is 4.74 Å². The van der Waals surface area contributed by atoms with Gasteiger partial charge in [-0.05, 0) is 99.2 Å². The van der Waals surface area contributed by atoms with Gasteiger partial charge in [-0.1, -0.05) is 31.9 Å². The largest absolute Gasteiger partial charge is 0.432 e. The van der Waals surface area contributed by atoms with Gasteiger partial charge in [0, 0.05) is 12.1 Å². The Morgan fingerprint density at radius 3 is 1.72 bits per heavy atom. The summed E-state index contributed by atoms with van der Waals surface area (Å²) in [6.45, 7) is 2.24. The summed E-state index contributed by atoms with van der Waals surface area (Å²) in [5.41, 5.74) is 1.59. The fraction of sp³-hybridized carbons (Fsp3) is 0.636. The van der Waals surface area contributed by atoms with Crippen LogP contribution >= 0.6 is 0 Å². The van der Waals surface area contributed by atoms with Crippen LogP contribution in [0.1, 0.15) is 107 Å². The molecular formula is C33H38F8O2. The zero-order chi connectivity index (χ0) is 30.9. The lowest BCUT2D eigenvalue weighted by Gasteiger charge is -2.38. The summed E-state index contributed by atoms with van der Waals surface area (Å²) in [6, 6.07) is 6.10. The molecule has 0 saturated heterocycles. The normalized spacial score (nSPS) is 29.0. The highest BCUT2D eigenvalue weighted by molar-refractivity contribution is 5.30. The maximum absolute atomic E-state index is 15.1. The van der Waals surface area contributed by atoms with Gasteiger partial charge in [-0.2, -0.15) is 17.6 Å². The first-order chi connectivity index (χ1) is 20.3. The molecule has 10 heteroatoms. The third kappa shape index (κ3) is 7.48. The van der Waals surface area contributed by atoms with Crippen molar-refractivity contribution in [3.63, 3.8) is 0 Å². The third-order valence-electron chi connectivity index (χ3n) is 9.84. The number of hydrogen-bond acceptors (Lipinski definition) is 2. The molecule has 5 rings (SSSR count). The van der Waals surface area contributed by atoms with Crippen molar-refractivity contribution in [1.29, 1.82) is 0 Å². The highest BCUT2D eigenvalue weighted by Crippen LogP contribution is 2.46. The minimum atomic E-state index is -3.84. The Kier molecular flexibility index (Phi) is 9.64. The van der Waals surface area contributed by atoms with Crippen molar-refractivity contribution in [3.05, 3.63) is 64.7 Å². The van der Waals surface area contributed by atoms with E-state index in [1.165, 1.54) is 0 Å². The summed E-state index contributed by atoms with van der Waals surface area (Å²) >= 11 is 0. The summed E-state index contributed by atoms with van der Waals surface area (Å²) in [4.78, 5) is 0. The van der Waals surface area contributed by atoms with E-state index >= 15 is 13.2 Å². The first-order valence-corrected chi connectivity index (χ1v) is 15.4. The first kappa shape index (κ1) is 32.0. The zero-order valence-electron chi connectivity index (χ0n) is 24.2. The molecule has 2 nitrogen and oxygen atoms in total. The molecule has 0 bridgehead atoms. The molecule has 0 radical (unpaired) electrons. The number of alkyl halides is 4. The van der Waals surface area contributed by atoms with Gasteiger partial charge in [0.1, 0.15) is 11.6 Å². The molecular weight excluding hydrogens is 580 g/mol. The average molecular weight is 619 g/mol. The average Bonchev–Trinajstić information content (AvgIpc) is 2.96. The number of rotatable bonds is 8. The molecule has 3 aliphatic carbocycles. The van der Waals surface area contributed by atoms with Crippen LogP contribution in [-0.4, -0.2) is 18.3 Å². The van der Waals surface area contributed by atoms with E-state index in [2.05, 4.69) is 11.7 Å². The van der Waals surface area contributed by atoms with E-state index < -0.39 is 53.4 Å². The van der Waals surface area contributed by atoms with Gasteiger partial charge in [-0.25, -0.2) is 17.6 Å². The van der Waals surface area contributed by atoms with Gasteiger partial charge < -0.3 is 9.47 Å². The van der Waals surface area contributed by atoms with Crippen LogP contribution in [0.2, 0.25) is 0 Å². The molecule has 238 valence electrons. The summed E-state index contributed by atoms with van der Waals surface area (Å²) in [5, 5.41) is 0. The van der Waals surface area contributed by atoms with Crippen molar-refractivity contribution in [1.82, 2.24) is 0 Å². The minimum Gasteiger partial charge on any atom is -0.432 e. The second kappa shape index (κ2) is 12.9. The van der Waals surface area contributed by atoms with Gasteiger partial charge >= 0.3 is 12.2 Å². The maximum Gasteiger partial charge on any atom is 0.400 e. The van der Waals surface area contributed by atoms with Gasteiger partial charge in [0.25, 0.3) is 0 Å². The quantitative estimate of drug-likeness (QED) is 0.217. The molecule has 3 aliphatic rings. The molecule has 0 aromatic heterocycles. The highest BCUT2D eigenvalue weighted by Gasteiger charge is 2.48. The van der Waals surface area contributed by atoms with E-state index in [1.807, 2.05) is 12.1 Å². The summed E-state index contributed by atoms with van der Waals surface area (Å²) in [5.74, 6) is -7.78. The monoisotopic (exact) mass is 618 g/mol. The van der Waals surface area contributed by atoms with Crippen molar-refractivity contribution < 1.29 is 44.6 Å². The molecule has 0 spiro atoms. The van der Waals surface area contributed by atoms with Crippen molar-refractivity contribution in [2.24, 2.45) is 17.8 Å². The number of halogens is 8. The molecule has 0 N–H and O–H groups in total. The van der Waals surface area contributed by atoms with Gasteiger partial charge in [0.2, 0.25) is 0 Å². The SMILES string of the molecule is CC1CCC(c2ccc(C3CCC(C(F)(F)OC4CCC(C(F)(F)Oc5cc(F)c(F)c(F)c5)CC4)CC3)c(F)c2)CC1. The lowest BCUT2D eigenvalue weighted by molar-refractivity contribution is -0.305. The van der Waals surface area contributed by atoms with Crippen LogP contribution in [0.4, 0.5) is 35.1 Å². The van der Waals surface area contributed by atoms with E-state index in [0.717, 1.165) is 31.2 Å². The van der Waals surface area contributed by atoms with E-state index in [9.17, 15) is 22.0 Å². The molecule has 43 heavy (non-hydrogen) atoms. The van der Waals surface area contributed by atoms with E-state index in [0.29, 0.717) is 42.4 Å². The Bertz CT molecular complexity index is 1220. The topological polar surface area (TPSA) is 18.5 Å². The summed E-state index contributed by atoms with van der Waals surface area (Å²) < 4.78 is 124. The van der Waals surface area contributed by atoms with Gasteiger partial charge in [-0.15, -0.1) is 0 Å². The van der Waals surface area contributed by atoms with Crippen LogP contribution < -0.4 is 4.74 Å². The van der Waals surface area contributed by atoms with Crippen molar-refractivity contribution >= 4 is 0 Å². The summed E-state index contributed by atoms with van der Waals surface area (Å²) in [7, 11) is 0. The summed E-state index contributed by atoms with van der Waals surface area (Å²) in [6.07, 6.45) is -3.28. The zero-order valence-corrected chi connectivity index (χ0v) is 24.2. The molecule has 0 aliphatic heterocycles. The Hall–Kier alpha value is -2.36. The second-order valence-corrected chi connectivity index (χ2v) is 12.8. The molecule has 0 atom stereocenters. The second-order valence-electron chi connectivity index (χ2n) is 12.8. The smallest absolute Gasteiger partial charge is 0.400 e. The fourth-order valence-corrected chi connectivity index (χ4v) is 7.13. The van der Waals surface area contributed by atoms with Crippen molar-refractivity contribution in [2.75, 3.05) is 0 Å². The maximum atomic E-state index is 15.1. The highest BCUT2D eigenvalue weighted by atomic mass is 19.3. The van der Waals surface area contributed by atoms with Crippen LogP contribution in [0.3, 0.4) is 0 Å². The van der Waals surface area contributed by atoms with Crippen LogP contribution in [0.15, 0.2) is 30.3 Å². The molecule has 0 unspecified atom stereocenters. The third-order valence-corrected chi connectivity index (χ3v) is 9.84. The number of benzene rings is 2. The predicted octanol–water partition coefficient (Wildman–Crippen LogP) is 10.7. The lowest BCUT2D eigenvalue weighted by Crippen LogP contribution is -2.42. The predicted molar refractivity (Wildman–Crippen MR) is 145 cm³/mol. The van der Waals surface area contributed by atoms with Crippen molar-refractivity contribution in [3.8, 4) is 5.75 Å². The number of ether oxygens (including phenoxy) is 2. The molecule has 2 aromatic rings. The molecule has 0 heterocycles. The van der Waals surface area contributed by atoms with Gasteiger partial charge in [-0.3, -0.25) is 0 Å². The molecule has 0 amide bonds. The fourth-order valence-electron chi connectivity index (χ4n) is 7.13. The minimum absolute atomic E-state index is 0.0713. The van der Waals surface area contributed by atoms with E-state index in [-0.39, 0.29) is 50.3 Å². The van der Waals surface area contributed by atoms with Crippen LogP contribution in [0, 0.1) is 41.0 Å². The van der Waals surface area contributed by atoms with Crippen molar-refractivity contribution in [2.45, 2.75) is 114 Å². The number of hydrogen-bond donors (Lipinski definition) is 0. The van der Waals surface area contributed by atoms with Crippen LogP contribution in [-0.2, 0) is 4.74 Å². The molecule has 3 fully saturated rings. The van der Waals surface area contributed by atoms with Crippen LogP contribution in [0.5, 0.6) is 5.75 Å². The van der Waals surface area contributed by atoms with Gasteiger partial charge in [0.05, 0.1) is 17.9 Å². The van der Waals surface area contributed by atoms with E-state index in [1.54, 1.807) is 6.07 Å². The van der Waals surface area contributed by atoms with Gasteiger partial charge in [0.15, 0.2) is 17.5 Å². The Morgan fingerprint density at radius 2 is 1.14 bits per heavy atom. The first-order valence-electron chi connectivity index (χ1n) is 15.4. The Labute approximate surface area is 247 Å². The standard InChI is InChI=1S/C33H38F8O2/c1-19-2-4-20(5-3-19)22-8-15-27(28(34)16-22)21-6-9-23(10-7-21)32(38,39)42-25-13-11-24(12-14-25)33(40,41)43-26-17-29(35)31(37)30(36)18-26/h8,15-21,23-25H,2-7,9-14H2,1H3. The molecule has 3 saturated carbocycles. The Morgan fingerprint density at radius 1 is 0.605 bits per heavy atom. The molecule has 2 aromatic carbocycles. The van der Waals surface area contributed by atoms with Crippen LogP contribution in [0.25, 0.3) is 0 Å². The lowest BCUT2D eigenvalue weighted by atomic mass is 9.76.